The Morgan fingerprint density at radius 1 is 0.750 bits per heavy atom. The first-order chi connectivity index (χ1) is 25.0. The van der Waals surface area contributed by atoms with Gasteiger partial charge in [-0.2, -0.15) is 0 Å². The van der Waals surface area contributed by atoms with Gasteiger partial charge in [0.25, 0.3) is 0 Å². The number of carbonyl (C=O) groups is 4. The zero-order chi connectivity index (χ0) is 37.1. The molecule has 2 fully saturated rings. The Balaban J connectivity index is 1.20. The van der Waals surface area contributed by atoms with Crippen molar-refractivity contribution in [3.05, 3.63) is 60.3 Å². The van der Waals surface area contributed by atoms with Crippen LogP contribution in [0.25, 0.3) is 33.4 Å². The van der Waals surface area contributed by atoms with Crippen LogP contribution >= 0.6 is 0 Å². The molecule has 0 spiro atoms. The molecule has 4 atom stereocenters. The van der Waals surface area contributed by atoms with E-state index in [0.29, 0.717) is 18.9 Å². The summed E-state index contributed by atoms with van der Waals surface area (Å²) in [6.07, 6.45) is 3.75. The average Bonchev–Trinajstić information content (AvgIpc) is 3.97. The van der Waals surface area contributed by atoms with Crippen LogP contribution in [0.2, 0.25) is 0 Å². The van der Waals surface area contributed by atoms with E-state index in [1.54, 1.807) is 11.1 Å². The van der Waals surface area contributed by atoms with Crippen molar-refractivity contribution >= 4 is 35.0 Å². The molecule has 0 radical (unpaired) electrons. The molecular weight excluding hydrogens is 664 g/mol. The van der Waals surface area contributed by atoms with Gasteiger partial charge in [-0.05, 0) is 66.8 Å². The number of ether oxygens (including phenoxy) is 2. The molecule has 4 heterocycles. The topological polar surface area (TPSA) is 175 Å². The van der Waals surface area contributed by atoms with Crippen LogP contribution in [0.5, 0.6) is 0 Å². The molecule has 14 nitrogen and oxygen atoms in total. The van der Waals surface area contributed by atoms with Gasteiger partial charge in [-0.1, -0.05) is 52.0 Å². The number of aromatic amines is 2. The lowest BCUT2D eigenvalue weighted by molar-refractivity contribution is -0.136. The number of hydrogen-bond donors (Lipinski definition) is 4. The van der Waals surface area contributed by atoms with E-state index in [4.69, 9.17) is 19.4 Å². The lowest BCUT2D eigenvalue weighted by atomic mass is 10.0. The Bertz CT molecular complexity index is 1930. The van der Waals surface area contributed by atoms with Gasteiger partial charge in [-0.3, -0.25) is 9.59 Å². The number of likely N-dealkylation sites (tertiary alicyclic amines) is 2. The van der Waals surface area contributed by atoms with E-state index in [2.05, 4.69) is 38.8 Å². The van der Waals surface area contributed by atoms with Gasteiger partial charge in [0.15, 0.2) is 0 Å². The number of fused-ring (bicyclic) bond motifs is 1. The maximum atomic E-state index is 13.6. The van der Waals surface area contributed by atoms with Crippen LogP contribution < -0.4 is 10.6 Å². The fourth-order valence-corrected chi connectivity index (χ4v) is 7.27. The largest absolute Gasteiger partial charge is 0.453 e. The first-order valence-corrected chi connectivity index (χ1v) is 17.9. The average molecular weight is 713 g/mol. The molecule has 52 heavy (non-hydrogen) atoms. The second kappa shape index (κ2) is 15.5. The smallest absolute Gasteiger partial charge is 0.407 e. The Kier molecular flexibility index (Phi) is 10.8. The van der Waals surface area contributed by atoms with Crippen molar-refractivity contribution in [1.82, 2.24) is 40.4 Å². The summed E-state index contributed by atoms with van der Waals surface area (Å²) in [6.45, 7) is 8.75. The number of nitrogens with zero attached hydrogens (tertiary/aromatic N) is 4. The Morgan fingerprint density at radius 3 is 1.88 bits per heavy atom. The van der Waals surface area contributed by atoms with Crippen LogP contribution in [0.4, 0.5) is 9.59 Å². The zero-order valence-electron chi connectivity index (χ0n) is 30.6. The monoisotopic (exact) mass is 712 g/mol. The van der Waals surface area contributed by atoms with Gasteiger partial charge < -0.3 is 39.9 Å². The molecule has 0 unspecified atom stereocenters. The van der Waals surface area contributed by atoms with Gasteiger partial charge in [0.1, 0.15) is 23.7 Å². The predicted molar refractivity (Wildman–Crippen MR) is 195 cm³/mol. The second-order valence-corrected chi connectivity index (χ2v) is 14.2. The molecule has 4 amide bonds. The molecule has 4 N–H and O–H groups in total. The van der Waals surface area contributed by atoms with Gasteiger partial charge in [0, 0.05) is 18.7 Å². The Labute approximate surface area is 303 Å². The quantitative estimate of drug-likeness (QED) is 0.162. The summed E-state index contributed by atoms with van der Waals surface area (Å²) in [4.78, 5) is 71.3. The van der Waals surface area contributed by atoms with Crippen molar-refractivity contribution in [2.24, 2.45) is 11.8 Å². The summed E-state index contributed by atoms with van der Waals surface area (Å²) in [5, 5.41) is 5.39. The first-order valence-electron chi connectivity index (χ1n) is 17.9. The number of benzene rings is 2. The molecule has 2 aromatic carbocycles. The Morgan fingerprint density at radius 2 is 1.31 bits per heavy atom. The number of aromatic nitrogens is 4. The molecule has 0 aliphatic carbocycles. The molecule has 14 heteroatoms. The molecule has 2 aromatic heterocycles. The molecule has 276 valence electrons. The standard InChI is InChI=1S/C38H48N8O6/c1-21(2)31(43-37(49)51-5)35(47)45-16-8-12-29(45)33-39-20-28(42-33)25-11-7-10-23(18-25)24-14-15-26-27(19-24)41-34(40-26)30-13-9-17-46(30)36(48)32(22(3)4)44-38(50)52-6/h7,10-11,14-15,18-22,29-32H,8-9,12-13,16-17H2,1-6H3,(H,39,42)(H,40,41)(H,43,49)(H,44,50)/t29-,30-,31-,32-/m0/s1. The molecular formula is C38H48N8O6. The second-order valence-electron chi connectivity index (χ2n) is 14.2. The van der Waals surface area contributed by atoms with Crippen molar-refractivity contribution in [1.29, 1.82) is 0 Å². The molecule has 4 aromatic rings. The van der Waals surface area contributed by atoms with Gasteiger partial charge in [0.05, 0.1) is 49.2 Å². The predicted octanol–water partition coefficient (Wildman–Crippen LogP) is 5.71. The van der Waals surface area contributed by atoms with Crippen LogP contribution in [0, 0.1) is 11.8 Å². The molecule has 6 rings (SSSR count). The highest BCUT2D eigenvalue weighted by Gasteiger charge is 2.39. The van der Waals surface area contributed by atoms with E-state index in [9.17, 15) is 19.2 Å². The maximum absolute atomic E-state index is 13.6. The number of H-pyrrole nitrogens is 2. The van der Waals surface area contributed by atoms with E-state index < -0.39 is 24.3 Å². The van der Waals surface area contributed by atoms with E-state index in [-0.39, 0.29) is 35.7 Å². The van der Waals surface area contributed by atoms with Gasteiger partial charge >= 0.3 is 12.2 Å². The number of amides is 4. The number of nitrogens with one attached hydrogen (secondary N) is 4. The molecule has 0 bridgehead atoms. The van der Waals surface area contributed by atoms with Crippen LogP contribution in [-0.4, -0.2) is 93.1 Å². The van der Waals surface area contributed by atoms with Crippen molar-refractivity contribution in [2.45, 2.75) is 77.5 Å². The van der Waals surface area contributed by atoms with E-state index in [1.807, 2.05) is 56.9 Å². The van der Waals surface area contributed by atoms with Gasteiger partial charge in [0.2, 0.25) is 11.8 Å². The minimum atomic E-state index is -0.700. The van der Waals surface area contributed by atoms with Crippen molar-refractivity contribution < 1.29 is 28.7 Å². The molecule has 2 aliphatic rings. The molecule has 2 saturated heterocycles. The van der Waals surface area contributed by atoms with Crippen LogP contribution in [0.15, 0.2) is 48.7 Å². The number of carbonyl (C=O) groups excluding carboxylic acids is 4. The highest BCUT2D eigenvalue weighted by Crippen LogP contribution is 2.35. The minimum absolute atomic E-state index is 0.115. The lowest BCUT2D eigenvalue weighted by Crippen LogP contribution is -2.51. The minimum Gasteiger partial charge on any atom is -0.453 e. The summed E-state index contributed by atoms with van der Waals surface area (Å²) in [5.74, 6) is 0.900. The summed E-state index contributed by atoms with van der Waals surface area (Å²) in [7, 11) is 2.57. The SMILES string of the molecule is COC(=O)N[C@H](C(=O)N1CCC[C@H]1c1ncc(-c2cccc(-c3ccc4nc([C@@H]5CCCN5C(=O)[C@@H](NC(=O)OC)C(C)C)[nH]c4c3)c2)[nH]1)C(C)C. The third kappa shape index (κ3) is 7.46. The highest BCUT2D eigenvalue weighted by molar-refractivity contribution is 5.88. The van der Waals surface area contributed by atoms with Crippen LogP contribution in [-0.2, 0) is 19.1 Å². The van der Waals surface area contributed by atoms with E-state index >= 15 is 0 Å². The molecule has 2 aliphatic heterocycles. The summed E-state index contributed by atoms with van der Waals surface area (Å²) in [5.41, 5.74) is 5.45. The lowest BCUT2D eigenvalue weighted by Gasteiger charge is -2.30. The summed E-state index contributed by atoms with van der Waals surface area (Å²) >= 11 is 0. The zero-order valence-corrected chi connectivity index (χ0v) is 30.6. The Hall–Kier alpha value is -5.40. The van der Waals surface area contributed by atoms with E-state index in [1.165, 1.54) is 14.2 Å². The number of hydrogen-bond acceptors (Lipinski definition) is 8. The van der Waals surface area contributed by atoms with Crippen LogP contribution in [0.1, 0.15) is 77.1 Å². The third-order valence-corrected chi connectivity index (χ3v) is 10.1. The molecule has 0 saturated carbocycles. The summed E-state index contributed by atoms with van der Waals surface area (Å²) < 4.78 is 9.52. The fourth-order valence-electron chi connectivity index (χ4n) is 7.27. The van der Waals surface area contributed by atoms with E-state index in [0.717, 1.165) is 64.9 Å². The number of rotatable bonds is 10. The van der Waals surface area contributed by atoms with Crippen molar-refractivity contribution in [3.8, 4) is 22.4 Å². The normalized spacial score (nSPS) is 18.5. The number of methoxy groups -OCH3 is 2. The van der Waals surface area contributed by atoms with Gasteiger partial charge in [-0.25, -0.2) is 19.6 Å². The highest BCUT2D eigenvalue weighted by atomic mass is 16.5. The third-order valence-electron chi connectivity index (χ3n) is 10.1. The first kappa shape index (κ1) is 36.4. The fraction of sp³-hybridized carbons (Fsp3) is 0.474. The maximum Gasteiger partial charge on any atom is 0.407 e. The number of imidazole rings is 2. The van der Waals surface area contributed by atoms with Gasteiger partial charge in [-0.15, -0.1) is 0 Å². The number of alkyl carbamates (subject to hydrolysis) is 2. The van der Waals surface area contributed by atoms with Crippen LogP contribution in [0.3, 0.4) is 0 Å². The van der Waals surface area contributed by atoms with Crippen molar-refractivity contribution in [3.63, 3.8) is 0 Å². The van der Waals surface area contributed by atoms with Crippen molar-refractivity contribution in [2.75, 3.05) is 27.3 Å². The summed E-state index contributed by atoms with van der Waals surface area (Å²) in [6, 6.07) is 12.4.